The first-order valence-corrected chi connectivity index (χ1v) is 6.51. The Balaban J connectivity index is 1.84. The monoisotopic (exact) mass is 243 g/mol. The van der Waals surface area contributed by atoms with Crippen LogP contribution in [0.4, 0.5) is 0 Å². The maximum absolute atomic E-state index is 12.5. The molecule has 3 rings (SSSR count). The third kappa shape index (κ3) is 1.57. The van der Waals surface area contributed by atoms with E-state index in [0.29, 0.717) is 5.78 Å². The van der Waals surface area contributed by atoms with E-state index >= 15 is 0 Å². The second kappa shape index (κ2) is 3.94. The number of amides is 1. The fourth-order valence-corrected chi connectivity index (χ4v) is 3.28. The SMILES string of the molecule is CC(=O)N1CCC2(CC1)Cc1ccccc1C2=O. The summed E-state index contributed by atoms with van der Waals surface area (Å²) in [6.45, 7) is 3.04. The van der Waals surface area contributed by atoms with E-state index in [1.165, 1.54) is 5.56 Å². The van der Waals surface area contributed by atoms with Gasteiger partial charge in [-0.25, -0.2) is 0 Å². The molecule has 0 unspecified atom stereocenters. The molecule has 1 fully saturated rings. The molecule has 3 nitrogen and oxygen atoms in total. The van der Waals surface area contributed by atoms with Crippen LogP contribution in [0.3, 0.4) is 0 Å². The Morgan fingerprint density at radius 1 is 1.22 bits per heavy atom. The molecule has 0 radical (unpaired) electrons. The molecule has 0 saturated carbocycles. The average molecular weight is 243 g/mol. The summed E-state index contributed by atoms with van der Waals surface area (Å²) in [6.07, 6.45) is 2.47. The van der Waals surface area contributed by atoms with Crippen molar-refractivity contribution >= 4 is 11.7 Å². The van der Waals surface area contributed by atoms with E-state index in [-0.39, 0.29) is 11.3 Å². The minimum Gasteiger partial charge on any atom is -0.343 e. The number of carbonyl (C=O) groups excluding carboxylic acids is 2. The van der Waals surface area contributed by atoms with Crippen LogP contribution in [0.2, 0.25) is 0 Å². The van der Waals surface area contributed by atoms with Gasteiger partial charge in [-0.05, 0) is 24.8 Å². The van der Waals surface area contributed by atoms with Crippen LogP contribution in [-0.2, 0) is 11.2 Å². The van der Waals surface area contributed by atoms with Gasteiger partial charge in [-0.2, -0.15) is 0 Å². The molecule has 1 aromatic carbocycles. The maximum Gasteiger partial charge on any atom is 0.219 e. The quantitative estimate of drug-likeness (QED) is 0.699. The largest absolute Gasteiger partial charge is 0.343 e. The van der Waals surface area contributed by atoms with Gasteiger partial charge >= 0.3 is 0 Å². The molecule has 0 aromatic heterocycles. The van der Waals surface area contributed by atoms with Crippen LogP contribution in [0.1, 0.15) is 35.7 Å². The highest BCUT2D eigenvalue weighted by atomic mass is 16.2. The lowest BCUT2D eigenvalue weighted by molar-refractivity contribution is -0.130. The lowest BCUT2D eigenvalue weighted by Gasteiger charge is -2.37. The molecule has 0 bridgehead atoms. The fraction of sp³-hybridized carbons (Fsp3) is 0.467. The highest BCUT2D eigenvalue weighted by Crippen LogP contribution is 2.44. The number of carbonyl (C=O) groups is 2. The molecular formula is C15H17NO2. The molecule has 94 valence electrons. The molecule has 1 aliphatic heterocycles. The van der Waals surface area contributed by atoms with Crippen LogP contribution in [0.25, 0.3) is 0 Å². The summed E-state index contributed by atoms with van der Waals surface area (Å²) in [5.74, 6) is 0.411. The molecule has 1 amide bonds. The second-order valence-corrected chi connectivity index (χ2v) is 5.45. The topological polar surface area (TPSA) is 37.4 Å². The number of ketones is 1. The van der Waals surface area contributed by atoms with E-state index in [9.17, 15) is 9.59 Å². The van der Waals surface area contributed by atoms with E-state index in [1.54, 1.807) is 6.92 Å². The van der Waals surface area contributed by atoms with Crippen molar-refractivity contribution < 1.29 is 9.59 Å². The van der Waals surface area contributed by atoms with Crippen LogP contribution in [0.5, 0.6) is 0 Å². The third-order valence-corrected chi connectivity index (χ3v) is 4.44. The summed E-state index contributed by atoms with van der Waals surface area (Å²) in [4.78, 5) is 25.7. The Labute approximate surface area is 107 Å². The number of rotatable bonds is 0. The molecule has 0 atom stereocenters. The van der Waals surface area contributed by atoms with Crippen molar-refractivity contribution in [2.75, 3.05) is 13.1 Å². The highest BCUT2D eigenvalue weighted by Gasteiger charge is 2.46. The summed E-state index contributed by atoms with van der Waals surface area (Å²) in [5, 5.41) is 0. The highest BCUT2D eigenvalue weighted by molar-refractivity contribution is 6.05. The Hall–Kier alpha value is -1.64. The fourth-order valence-electron chi connectivity index (χ4n) is 3.28. The van der Waals surface area contributed by atoms with Gasteiger partial charge in [0, 0.05) is 31.0 Å². The average Bonchev–Trinajstić information content (AvgIpc) is 2.64. The number of likely N-dealkylation sites (tertiary alicyclic amines) is 1. The predicted molar refractivity (Wildman–Crippen MR) is 68.4 cm³/mol. The van der Waals surface area contributed by atoms with Gasteiger partial charge in [0.2, 0.25) is 5.91 Å². The normalized spacial score (nSPS) is 21.2. The summed E-state index contributed by atoms with van der Waals surface area (Å²) in [5.41, 5.74) is 1.85. The first kappa shape index (κ1) is 11.5. The first-order chi connectivity index (χ1) is 8.62. The lowest BCUT2D eigenvalue weighted by atomic mass is 9.75. The van der Waals surface area contributed by atoms with Gasteiger partial charge in [0.1, 0.15) is 0 Å². The van der Waals surface area contributed by atoms with E-state index in [4.69, 9.17) is 0 Å². The Bertz CT molecular complexity index is 513. The molecule has 1 aromatic rings. The van der Waals surface area contributed by atoms with Gasteiger partial charge < -0.3 is 4.90 Å². The first-order valence-electron chi connectivity index (χ1n) is 6.51. The lowest BCUT2D eigenvalue weighted by Crippen LogP contribution is -2.44. The molecule has 0 N–H and O–H groups in total. The molecular weight excluding hydrogens is 226 g/mol. The number of piperidine rings is 1. The standard InChI is InChI=1S/C15H17NO2/c1-11(17)16-8-6-15(7-9-16)10-12-4-2-3-5-13(12)14(15)18/h2-5H,6-10H2,1H3. The summed E-state index contributed by atoms with van der Waals surface area (Å²) >= 11 is 0. The maximum atomic E-state index is 12.5. The van der Waals surface area contributed by atoms with Crippen molar-refractivity contribution in [3.8, 4) is 0 Å². The van der Waals surface area contributed by atoms with E-state index in [0.717, 1.165) is 37.9 Å². The van der Waals surface area contributed by atoms with Crippen molar-refractivity contribution in [3.05, 3.63) is 35.4 Å². The van der Waals surface area contributed by atoms with Gasteiger partial charge in [-0.3, -0.25) is 9.59 Å². The smallest absolute Gasteiger partial charge is 0.219 e. The van der Waals surface area contributed by atoms with Crippen LogP contribution >= 0.6 is 0 Å². The van der Waals surface area contributed by atoms with Crippen molar-refractivity contribution in [2.45, 2.75) is 26.2 Å². The number of Topliss-reactive ketones (excluding diaryl/α,β-unsaturated/α-hetero) is 1. The zero-order valence-corrected chi connectivity index (χ0v) is 10.6. The van der Waals surface area contributed by atoms with Crippen LogP contribution in [0, 0.1) is 5.41 Å². The molecule has 1 heterocycles. The number of benzene rings is 1. The van der Waals surface area contributed by atoms with Crippen LogP contribution in [-0.4, -0.2) is 29.7 Å². The van der Waals surface area contributed by atoms with E-state index in [1.807, 2.05) is 23.1 Å². The van der Waals surface area contributed by atoms with Crippen molar-refractivity contribution in [2.24, 2.45) is 5.41 Å². The van der Waals surface area contributed by atoms with E-state index in [2.05, 4.69) is 6.07 Å². The van der Waals surface area contributed by atoms with Crippen molar-refractivity contribution in [1.82, 2.24) is 4.90 Å². The van der Waals surface area contributed by atoms with Gasteiger partial charge in [0.05, 0.1) is 0 Å². The summed E-state index contributed by atoms with van der Waals surface area (Å²) in [6, 6.07) is 7.92. The Morgan fingerprint density at radius 3 is 2.50 bits per heavy atom. The number of hydrogen-bond acceptors (Lipinski definition) is 2. The molecule has 3 heteroatoms. The van der Waals surface area contributed by atoms with Crippen molar-refractivity contribution in [1.29, 1.82) is 0 Å². The minimum atomic E-state index is -0.227. The molecule has 1 saturated heterocycles. The van der Waals surface area contributed by atoms with Crippen LogP contribution in [0.15, 0.2) is 24.3 Å². The Kier molecular flexibility index (Phi) is 2.51. The van der Waals surface area contributed by atoms with Gasteiger partial charge in [0.25, 0.3) is 0 Å². The van der Waals surface area contributed by atoms with Gasteiger partial charge in [0.15, 0.2) is 5.78 Å². The second-order valence-electron chi connectivity index (χ2n) is 5.45. The summed E-state index contributed by atoms with van der Waals surface area (Å²) < 4.78 is 0. The number of hydrogen-bond donors (Lipinski definition) is 0. The minimum absolute atomic E-state index is 0.118. The number of fused-ring (bicyclic) bond motifs is 1. The van der Waals surface area contributed by atoms with Crippen molar-refractivity contribution in [3.63, 3.8) is 0 Å². The van der Waals surface area contributed by atoms with Gasteiger partial charge in [-0.1, -0.05) is 24.3 Å². The zero-order valence-electron chi connectivity index (χ0n) is 10.6. The molecule has 1 spiro atoms. The molecule has 18 heavy (non-hydrogen) atoms. The van der Waals surface area contributed by atoms with Crippen LogP contribution < -0.4 is 0 Å². The third-order valence-electron chi connectivity index (χ3n) is 4.44. The number of nitrogens with zero attached hydrogens (tertiary/aromatic N) is 1. The molecule has 2 aliphatic rings. The van der Waals surface area contributed by atoms with E-state index < -0.39 is 0 Å². The molecule has 1 aliphatic carbocycles. The summed E-state index contributed by atoms with van der Waals surface area (Å²) in [7, 11) is 0. The predicted octanol–water partition coefficient (Wildman–Crippen LogP) is 2.05. The van der Waals surface area contributed by atoms with Gasteiger partial charge in [-0.15, -0.1) is 0 Å². The Morgan fingerprint density at radius 2 is 1.89 bits per heavy atom. The zero-order chi connectivity index (χ0) is 12.8.